The van der Waals surface area contributed by atoms with Gasteiger partial charge in [-0.2, -0.15) is 0 Å². The fourth-order valence-corrected chi connectivity index (χ4v) is 2.42. The van der Waals surface area contributed by atoms with Gasteiger partial charge >= 0.3 is 0 Å². The second-order valence-electron chi connectivity index (χ2n) is 4.56. The van der Waals surface area contributed by atoms with Crippen LogP contribution in [0.2, 0.25) is 0 Å². The van der Waals surface area contributed by atoms with E-state index >= 15 is 0 Å². The molecule has 0 fully saturated rings. The summed E-state index contributed by atoms with van der Waals surface area (Å²) in [6, 6.07) is 2.64. The highest BCUT2D eigenvalue weighted by atomic mass is 32.2. The van der Waals surface area contributed by atoms with E-state index < -0.39 is 21.9 Å². The van der Waals surface area contributed by atoms with E-state index in [0.29, 0.717) is 13.1 Å². The first kappa shape index (κ1) is 17.4. The van der Waals surface area contributed by atoms with Crippen molar-refractivity contribution in [3.8, 4) is 0 Å². The van der Waals surface area contributed by atoms with Gasteiger partial charge in [-0.1, -0.05) is 0 Å². The van der Waals surface area contributed by atoms with E-state index in [9.17, 15) is 17.6 Å². The standard InChI is InChI=1S/C13H20FN3O3S/c1-4-17(5-2)13(18)9(3)16-12-7-6-10(8-11(12)14)21(15,19)20/h6-9,16H,4-5H2,1-3H3,(H2,15,19,20). The maximum Gasteiger partial charge on any atom is 0.244 e. The van der Waals surface area contributed by atoms with Crippen molar-refractivity contribution in [1.82, 2.24) is 4.90 Å². The average Bonchev–Trinajstić information content (AvgIpc) is 2.41. The third-order valence-corrected chi connectivity index (χ3v) is 4.00. The fraction of sp³-hybridized carbons (Fsp3) is 0.462. The van der Waals surface area contributed by atoms with Crippen LogP contribution in [0.3, 0.4) is 0 Å². The van der Waals surface area contributed by atoms with Crippen molar-refractivity contribution >= 4 is 21.6 Å². The Hall–Kier alpha value is -1.67. The van der Waals surface area contributed by atoms with Gasteiger partial charge in [-0.25, -0.2) is 17.9 Å². The molecule has 1 unspecified atom stereocenters. The molecule has 0 heterocycles. The van der Waals surface area contributed by atoms with Gasteiger partial charge in [0.05, 0.1) is 10.6 Å². The van der Waals surface area contributed by atoms with Crippen LogP contribution in [0.1, 0.15) is 20.8 Å². The second-order valence-corrected chi connectivity index (χ2v) is 6.12. The molecule has 3 N–H and O–H groups in total. The van der Waals surface area contributed by atoms with Crippen molar-refractivity contribution in [2.45, 2.75) is 31.7 Å². The second kappa shape index (κ2) is 6.86. The SMILES string of the molecule is CCN(CC)C(=O)C(C)Nc1ccc(S(N)(=O)=O)cc1F. The number of hydrogen-bond acceptors (Lipinski definition) is 4. The van der Waals surface area contributed by atoms with Gasteiger partial charge in [-0.3, -0.25) is 4.79 Å². The molecular formula is C13H20FN3O3S. The minimum atomic E-state index is -3.95. The molecule has 118 valence electrons. The molecule has 1 aromatic carbocycles. The number of nitrogens with zero attached hydrogens (tertiary/aromatic N) is 1. The molecule has 0 aliphatic rings. The molecule has 6 nitrogen and oxygen atoms in total. The van der Waals surface area contributed by atoms with E-state index in [4.69, 9.17) is 5.14 Å². The summed E-state index contributed by atoms with van der Waals surface area (Å²) in [5, 5.41) is 7.66. The summed E-state index contributed by atoms with van der Waals surface area (Å²) in [6.07, 6.45) is 0. The molecule has 0 aromatic heterocycles. The van der Waals surface area contributed by atoms with Crippen LogP contribution in [-0.2, 0) is 14.8 Å². The lowest BCUT2D eigenvalue weighted by atomic mass is 10.2. The lowest BCUT2D eigenvalue weighted by molar-refractivity contribution is -0.131. The number of likely N-dealkylation sites (N-methyl/N-ethyl adjacent to an activating group) is 1. The molecule has 0 saturated heterocycles. The summed E-state index contributed by atoms with van der Waals surface area (Å²) in [5.41, 5.74) is 0.0513. The largest absolute Gasteiger partial charge is 0.372 e. The Morgan fingerprint density at radius 3 is 2.38 bits per heavy atom. The average molecular weight is 317 g/mol. The summed E-state index contributed by atoms with van der Waals surface area (Å²) in [4.78, 5) is 13.4. The van der Waals surface area contributed by atoms with Gasteiger partial charge in [0.15, 0.2) is 0 Å². The summed E-state index contributed by atoms with van der Waals surface area (Å²) in [6.45, 7) is 6.46. The van der Waals surface area contributed by atoms with Gasteiger partial charge in [0.25, 0.3) is 0 Å². The Balaban J connectivity index is 2.91. The molecule has 0 aliphatic carbocycles. The summed E-state index contributed by atoms with van der Waals surface area (Å²) >= 11 is 0. The van der Waals surface area contributed by atoms with Gasteiger partial charge in [-0.15, -0.1) is 0 Å². The molecule has 1 amide bonds. The number of nitrogens with one attached hydrogen (secondary N) is 1. The molecule has 8 heteroatoms. The highest BCUT2D eigenvalue weighted by Crippen LogP contribution is 2.19. The number of rotatable bonds is 6. The summed E-state index contributed by atoms with van der Waals surface area (Å²) < 4.78 is 36.1. The minimum absolute atomic E-state index is 0.0513. The van der Waals surface area contributed by atoms with Crippen molar-refractivity contribution in [3.63, 3.8) is 0 Å². The predicted molar refractivity (Wildman–Crippen MR) is 78.8 cm³/mol. The zero-order valence-electron chi connectivity index (χ0n) is 12.3. The lowest BCUT2D eigenvalue weighted by Crippen LogP contribution is -2.41. The predicted octanol–water partition coefficient (Wildman–Crippen LogP) is 1.14. The fourth-order valence-electron chi connectivity index (χ4n) is 1.89. The Kier molecular flexibility index (Phi) is 5.68. The number of carbonyl (C=O) groups is 1. The first-order valence-electron chi connectivity index (χ1n) is 6.58. The molecule has 1 rings (SSSR count). The maximum absolute atomic E-state index is 13.9. The van der Waals surface area contributed by atoms with Crippen LogP contribution in [0, 0.1) is 5.82 Å². The van der Waals surface area contributed by atoms with Gasteiger partial charge < -0.3 is 10.2 Å². The number of sulfonamides is 1. The van der Waals surface area contributed by atoms with Crippen molar-refractivity contribution in [2.75, 3.05) is 18.4 Å². The van der Waals surface area contributed by atoms with Crippen LogP contribution in [-0.4, -0.2) is 38.4 Å². The van der Waals surface area contributed by atoms with Gasteiger partial charge in [0, 0.05) is 13.1 Å². The molecule has 0 spiro atoms. The lowest BCUT2D eigenvalue weighted by Gasteiger charge is -2.24. The molecule has 0 radical (unpaired) electrons. The van der Waals surface area contributed by atoms with E-state index in [1.54, 1.807) is 11.8 Å². The number of amides is 1. The van der Waals surface area contributed by atoms with Crippen molar-refractivity contribution in [2.24, 2.45) is 5.14 Å². The monoisotopic (exact) mass is 317 g/mol. The third kappa shape index (κ3) is 4.40. The van der Waals surface area contributed by atoms with Gasteiger partial charge in [-0.05, 0) is 39.0 Å². The first-order chi connectivity index (χ1) is 9.70. The summed E-state index contributed by atoms with van der Waals surface area (Å²) in [5.74, 6) is -0.935. The van der Waals surface area contributed by atoms with Crippen LogP contribution in [0.25, 0.3) is 0 Å². The quantitative estimate of drug-likeness (QED) is 0.823. The molecule has 0 bridgehead atoms. The number of benzene rings is 1. The van der Waals surface area contributed by atoms with Gasteiger partial charge in [0.2, 0.25) is 15.9 Å². The number of anilines is 1. The van der Waals surface area contributed by atoms with Crippen molar-refractivity contribution < 1.29 is 17.6 Å². The van der Waals surface area contributed by atoms with Crippen LogP contribution in [0.15, 0.2) is 23.1 Å². The number of hydrogen-bond donors (Lipinski definition) is 2. The molecule has 0 aliphatic heterocycles. The highest BCUT2D eigenvalue weighted by molar-refractivity contribution is 7.89. The van der Waals surface area contributed by atoms with E-state index in [-0.39, 0.29) is 16.5 Å². The van der Waals surface area contributed by atoms with E-state index in [2.05, 4.69) is 5.32 Å². The normalized spacial score (nSPS) is 12.8. The maximum atomic E-state index is 13.9. The zero-order chi connectivity index (χ0) is 16.2. The highest BCUT2D eigenvalue weighted by Gasteiger charge is 2.19. The Labute approximate surface area is 124 Å². The zero-order valence-corrected chi connectivity index (χ0v) is 13.1. The number of carbonyl (C=O) groups excluding carboxylic acids is 1. The number of halogens is 1. The van der Waals surface area contributed by atoms with Gasteiger partial charge in [0.1, 0.15) is 11.9 Å². The van der Waals surface area contributed by atoms with Crippen molar-refractivity contribution in [3.05, 3.63) is 24.0 Å². The first-order valence-corrected chi connectivity index (χ1v) is 8.13. The number of nitrogens with two attached hydrogens (primary N) is 1. The molecule has 0 saturated carbocycles. The smallest absolute Gasteiger partial charge is 0.244 e. The minimum Gasteiger partial charge on any atom is -0.372 e. The Morgan fingerprint density at radius 2 is 1.95 bits per heavy atom. The van der Waals surface area contributed by atoms with E-state index in [1.807, 2.05) is 13.8 Å². The topological polar surface area (TPSA) is 92.5 Å². The van der Waals surface area contributed by atoms with E-state index in [0.717, 1.165) is 6.07 Å². The molecule has 1 aromatic rings. The Bertz CT molecular complexity index is 615. The van der Waals surface area contributed by atoms with E-state index in [1.165, 1.54) is 12.1 Å². The van der Waals surface area contributed by atoms with Crippen LogP contribution in [0.5, 0.6) is 0 Å². The Morgan fingerprint density at radius 1 is 1.38 bits per heavy atom. The molecular weight excluding hydrogens is 297 g/mol. The van der Waals surface area contributed by atoms with Crippen LogP contribution in [0.4, 0.5) is 10.1 Å². The molecule has 1 atom stereocenters. The third-order valence-electron chi connectivity index (χ3n) is 3.09. The summed E-state index contributed by atoms with van der Waals surface area (Å²) in [7, 11) is -3.95. The molecule has 21 heavy (non-hydrogen) atoms. The van der Waals surface area contributed by atoms with Crippen LogP contribution >= 0.6 is 0 Å². The van der Waals surface area contributed by atoms with Crippen LogP contribution < -0.4 is 10.5 Å². The van der Waals surface area contributed by atoms with Crippen molar-refractivity contribution in [1.29, 1.82) is 0 Å². The number of primary sulfonamides is 1.